The zero-order valence-electron chi connectivity index (χ0n) is 23.2. The molecule has 0 fully saturated rings. The average molecular weight is 609 g/mol. The molecule has 0 spiro atoms. The first-order chi connectivity index (χ1) is 16.7. The van der Waals surface area contributed by atoms with Crippen molar-refractivity contribution in [3.8, 4) is 11.1 Å². The van der Waals surface area contributed by atoms with Gasteiger partial charge < -0.3 is 24.8 Å². The van der Waals surface area contributed by atoms with Gasteiger partial charge in [-0.05, 0) is 0 Å². The number of hydrogen-bond acceptors (Lipinski definition) is 0. The van der Waals surface area contributed by atoms with Crippen LogP contribution in [0.4, 0.5) is 0 Å². The Hall–Kier alpha value is -1.53. The second kappa shape index (κ2) is 11.7. The van der Waals surface area contributed by atoms with Crippen molar-refractivity contribution >= 4 is 6.48 Å². The molecule has 37 heavy (non-hydrogen) atoms. The molecule has 0 radical (unpaired) electrons. The Labute approximate surface area is 244 Å². The minimum Gasteiger partial charge on any atom is -1.00 e. The van der Waals surface area contributed by atoms with Crippen LogP contribution in [0.5, 0.6) is 0 Å². The van der Waals surface area contributed by atoms with Crippen molar-refractivity contribution in [3.05, 3.63) is 109 Å². The predicted molar refractivity (Wildman–Crippen MR) is 149 cm³/mol. The van der Waals surface area contributed by atoms with E-state index < -0.39 is 21.3 Å². The molecule has 0 nitrogen and oxygen atoms in total. The third-order valence-electron chi connectivity index (χ3n) is 7.96. The molecular weight excluding hydrogens is 571 g/mol. The zero-order chi connectivity index (χ0) is 24.9. The van der Waals surface area contributed by atoms with Crippen LogP contribution in [0, 0.1) is 25.2 Å². The molecule has 1 unspecified atom stereocenters. The molecule has 3 aromatic carbocycles. The van der Waals surface area contributed by atoms with Crippen LogP contribution in [0.1, 0.15) is 68.9 Å². The van der Waals surface area contributed by atoms with E-state index in [1.807, 2.05) is 0 Å². The van der Waals surface area contributed by atoms with Crippen LogP contribution in [0.25, 0.3) is 11.1 Å². The summed E-state index contributed by atoms with van der Waals surface area (Å²) in [5.41, 5.74) is 12.1. The molecule has 0 bridgehead atoms. The van der Waals surface area contributed by atoms with E-state index in [0.717, 1.165) is 6.42 Å². The molecule has 0 saturated heterocycles. The van der Waals surface area contributed by atoms with E-state index in [4.69, 9.17) is 0 Å². The third kappa shape index (κ3) is 5.61. The summed E-state index contributed by atoms with van der Waals surface area (Å²) in [5.74, 6) is 0.568. The molecule has 0 N–H and O–H groups in total. The summed E-state index contributed by atoms with van der Waals surface area (Å²) >= 11 is -2.46. The SMILES string of the molecule is CCC1C=C(C(C)(C)C)C=[C]1/[Zr+2](=[C](\C)c1ccccc1)[c]1c(C)ccc2c1Cc1cc(C)ccc1-2.[Cl-].[Cl-]. The number of benzene rings is 3. The Kier molecular flexibility index (Phi) is 9.49. The Bertz CT molecular complexity index is 1400. The van der Waals surface area contributed by atoms with Gasteiger partial charge in [-0.2, -0.15) is 0 Å². The normalized spacial score (nSPS) is 16.1. The molecular formula is C34H38Cl2Zr. The van der Waals surface area contributed by atoms with E-state index in [-0.39, 0.29) is 30.2 Å². The molecule has 192 valence electrons. The summed E-state index contributed by atoms with van der Waals surface area (Å²) < 4.78 is 5.16. The number of halogens is 2. The summed E-state index contributed by atoms with van der Waals surface area (Å²) in [6, 6.07) is 23.1. The van der Waals surface area contributed by atoms with E-state index in [0.29, 0.717) is 5.92 Å². The molecule has 1 atom stereocenters. The minimum atomic E-state index is -2.46. The van der Waals surface area contributed by atoms with E-state index >= 15 is 0 Å². The van der Waals surface area contributed by atoms with Gasteiger partial charge in [0.1, 0.15) is 0 Å². The van der Waals surface area contributed by atoms with Crippen molar-refractivity contribution in [2.75, 3.05) is 0 Å². The fourth-order valence-electron chi connectivity index (χ4n) is 5.94. The summed E-state index contributed by atoms with van der Waals surface area (Å²) in [4.78, 5) is 0. The molecule has 0 saturated carbocycles. The monoisotopic (exact) mass is 606 g/mol. The first kappa shape index (κ1) is 30.0. The Morgan fingerprint density at radius 1 is 0.919 bits per heavy atom. The summed E-state index contributed by atoms with van der Waals surface area (Å²) in [6.07, 6.45) is 7.51. The second-order valence-electron chi connectivity index (χ2n) is 11.5. The third-order valence-corrected chi connectivity index (χ3v) is 16.1. The van der Waals surface area contributed by atoms with Crippen LogP contribution in [-0.4, -0.2) is 3.21 Å². The van der Waals surface area contributed by atoms with Gasteiger partial charge in [0.05, 0.1) is 0 Å². The number of hydrogen-bond donors (Lipinski definition) is 0. The van der Waals surface area contributed by atoms with E-state index in [1.165, 1.54) is 45.4 Å². The van der Waals surface area contributed by atoms with Crippen molar-refractivity contribution in [2.24, 2.45) is 11.3 Å². The van der Waals surface area contributed by atoms with Gasteiger partial charge in [-0.15, -0.1) is 0 Å². The van der Waals surface area contributed by atoms with Gasteiger partial charge in [0.15, 0.2) is 0 Å². The summed E-state index contributed by atoms with van der Waals surface area (Å²) in [6.45, 7) is 16.5. The zero-order valence-corrected chi connectivity index (χ0v) is 27.1. The van der Waals surface area contributed by atoms with Crippen LogP contribution in [-0.2, 0) is 27.7 Å². The van der Waals surface area contributed by atoms with Crippen LogP contribution in [0.2, 0.25) is 0 Å². The number of allylic oxidation sites excluding steroid dienone is 4. The van der Waals surface area contributed by atoms with Crippen LogP contribution in [0.15, 0.2) is 81.7 Å². The Morgan fingerprint density at radius 2 is 1.59 bits per heavy atom. The van der Waals surface area contributed by atoms with Gasteiger partial charge in [-0.25, -0.2) is 0 Å². The first-order valence-electron chi connectivity index (χ1n) is 13.1. The number of fused-ring (bicyclic) bond motifs is 3. The molecule has 0 aliphatic heterocycles. The van der Waals surface area contributed by atoms with Crippen molar-refractivity contribution in [3.63, 3.8) is 0 Å². The molecule has 0 heterocycles. The van der Waals surface area contributed by atoms with Crippen molar-refractivity contribution < 1.29 is 46.1 Å². The van der Waals surface area contributed by atoms with Gasteiger partial charge in [0.2, 0.25) is 0 Å². The Balaban J connectivity index is 0.00000190. The molecule has 0 amide bonds. The number of rotatable bonds is 4. The standard InChI is InChI=1S/C15H13.C11H17.C8H8.2ClH.Zr/c1-10-3-5-14-12(7-10)9-13-8-11(2)4-6-15(13)14;1-5-9-6-7-10(8-9)11(2,3)4;1-2-8-6-4-3-5-7-8;;;/h3-7H,9H2,1-2H3;7-9H,5H2,1-4H3;3-7H,1H3;2*1H;/q;;;;;+2/p-2. The van der Waals surface area contributed by atoms with Crippen LogP contribution < -0.4 is 28.1 Å². The second-order valence-corrected chi connectivity index (χ2v) is 17.8. The van der Waals surface area contributed by atoms with Crippen molar-refractivity contribution in [1.29, 1.82) is 0 Å². The maximum atomic E-state index is 2.64. The molecule has 0 aromatic heterocycles. The fourth-order valence-corrected chi connectivity index (χ4v) is 14.6. The largest absolute Gasteiger partial charge is 1.00 e. The van der Waals surface area contributed by atoms with Gasteiger partial charge in [-0.3, -0.25) is 0 Å². The van der Waals surface area contributed by atoms with E-state index in [2.05, 4.69) is 121 Å². The molecule has 2 aliphatic carbocycles. The fraction of sp³-hybridized carbons (Fsp3) is 0.324. The van der Waals surface area contributed by atoms with E-state index in [9.17, 15) is 0 Å². The predicted octanol–water partition coefficient (Wildman–Crippen LogP) is 2.26. The summed E-state index contributed by atoms with van der Waals surface area (Å²) in [5, 5.41) is 0. The number of aryl methyl sites for hydroxylation is 2. The first-order valence-corrected chi connectivity index (χ1v) is 16.8. The maximum absolute atomic E-state index is 2.64. The molecule has 2 aliphatic rings. The molecule has 3 heteroatoms. The quantitative estimate of drug-likeness (QED) is 0.334. The van der Waals surface area contributed by atoms with E-state index in [1.54, 1.807) is 15.3 Å². The van der Waals surface area contributed by atoms with Crippen molar-refractivity contribution in [2.45, 2.75) is 61.3 Å². The van der Waals surface area contributed by atoms with Gasteiger partial charge in [-0.1, -0.05) is 0 Å². The average Bonchev–Trinajstić information content (AvgIpc) is 3.42. The van der Waals surface area contributed by atoms with Crippen LogP contribution in [0.3, 0.4) is 0 Å². The van der Waals surface area contributed by atoms with Crippen LogP contribution >= 0.6 is 0 Å². The Morgan fingerprint density at radius 3 is 2.24 bits per heavy atom. The topological polar surface area (TPSA) is 0 Å². The van der Waals surface area contributed by atoms with Crippen molar-refractivity contribution in [1.82, 2.24) is 0 Å². The molecule has 5 rings (SSSR count). The van der Waals surface area contributed by atoms with Gasteiger partial charge >= 0.3 is 221 Å². The minimum absolute atomic E-state index is 0. The maximum Gasteiger partial charge on any atom is -1.00 e. The smallest absolute Gasteiger partial charge is 1.00 e. The van der Waals surface area contributed by atoms with Gasteiger partial charge in [0.25, 0.3) is 0 Å². The molecule has 3 aromatic rings. The van der Waals surface area contributed by atoms with Gasteiger partial charge in [0, 0.05) is 0 Å². The summed E-state index contributed by atoms with van der Waals surface area (Å²) in [7, 11) is 0.